The summed E-state index contributed by atoms with van der Waals surface area (Å²) in [6, 6.07) is 1.97. The number of aliphatic hydroxyl groups excluding tert-OH is 1. The number of aliphatic hydroxyl groups is 1. The Morgan fingerprint density at radius 1 is 1.28 bits per heavy atom. The van der Waals surface area contributed by atoms with E-state index in [1.54, 1.807) is 0 Å². The molecule has 2 bridgehead atoms. The van der Waals surface area contributed by atoms with Crippen LogP contribution in [0.25, 0.3) is 0 Å². The van der Waals surface area contributed by atoms with Gasteiger partial charge in [-0.25, -0.2) is 9.97 Å². The highest BCUT2D eigenvalue weighted by atomic mass is 16.5. The normalized spacial score (nSPS) is 38.2. The predicted molar refractivity (Wildman–Crippen MR) is 106 cm³/mol. The summed E-state index contributed by atoms with van der Waals surface area (Å²) in [6.45, 7) is 2.43. The Balaban J connectivity index is 1.21. The van der Waals surface area contributed by atoms with Crippen LogP contribution in [-0.4, -0.2) is 70.9 Å². The Morgan fingerprint density at radius 3 is 2.83 bits per heavy atom. The SMILES string of the molecule is CN(CC1CC1)C(=O)C1C[C@@H]2O[C@H]1[C@H]1CN(c3ccnc(C4CC4)n3)C[C@H]1[C@@H]2O. The summed E-state index contributed by atoms with van der Waals surface area (Å²) in [5, 5.41) is 11.0. The van der Waals surface area contributed by atoms with Gasteiger partial charge in [-0.05, 0) is 44.1 Å². The average molecular weight is 399 g/mol. The second-order valence-electron chi connectivity index (χ2n) is 9.91. The van der Waals surface area contributed by atoms with Crippen LogP contribution in [0, 0.1) is 23.7 Å². The fraction of sp³-hybridized carbons (Fsp3) is 0.773. The van der Waals surface area contributed by atoms with E-state index < -0.39 is 6.10 Å². The van der Waals surface area contributed by atoms with E-state index in [1.165, 1.54) is 25.7 Å². The van der Waals surface area contributed by atoms with Gasteiger partial charge in [0.2, 0.25) is 5.91 Å². The van der Waals surface area contributed by atoms with Gasteiger partial charge in [0.15, 0.2) is 0 Å². The van der Waals surface area contributed by atoms with Crippen LogP contribution in [0.4, 0.5) is 5.82 Å². The van der Waals surface area contributed by atoms with Crippen molar-refractivity contribution in [2.45, 2.75) is 56.3 Å². The lowest BCUT2D eigenvalue weighted by molar-refractivity contribution is -0.146. The van der Waals surface area contributed by atoms with Gasteiger partial charge in [0.1, 0.15) is 11.6 Å². The Hall–Kier alpha value is -1.73. The van der Waals surface area contributed by atoms with Crippen LogP contribution in [0.2, 0.25) is 0 Å². The summed E-state index contributed by atoms with van der Waals surface area (Å²) in [5.41, 5.74) is 0. The molecular weight excluding hydrogens is 368 g/mol. The standard InChI is InChI=1S/C22H30N4O3/c1-25(9-12-2-3-12)22(28)14-8-17-19(27)15-10-26(11-16(15)20(14)29-17)18-6-7-23-21(24-18)13-4-5-13/h6-7,12-17,19-20,27H,2-5,8-11H2,1H3/t14?,15-,16+,17+,19+,20-/m1/s1. The molecule has 2 saturated carbocycles. The third-order valence-corrected chi connectivity index (χ3v) is 7.72. The maximum absolute atomic E-state index is 13.2. The molecule has 7 heteroatoms. The van der Waals surface area contributed by atoms with E-state index in [0.29, 0.717) is 18.3 Å². The number of anilines is 1. The lowest BCUT2D eigenvalue weighted by Gasteiger charge is -2.36. The summed E-state index contributed by atoms with van der Waals surface area (Å²) in [5.74, 6) is 3.50. The molecule has 2 aliphatic carbocycles. The lowest BCUT2D eigenvalue weighted by Crippen LogP contribution is -2.47. The zero-order valence-corrected chi connectivity index (χ0v) is 17.0. The minimum atomic E-state index is -0.502. The third-order valence-electron chi connectivity index (χ3n) is 7.72. The van der Waals surface area contributed by atoms with Gasteiger partial charge < -0.3 is 19.6 Å². The van der Waals surface area contributed by atoms with Crippen molar-refractivity contribution in [2.75, 3.05) is 31.6 Å². The minimum Gasteiger partial charge on any atom is -0.390 e. The summed E-state index contributed by atoms with van der Waals surface area (Å²) >= 11 is 0. The van der Waals surface area contributed by atoms with Crippen LogP contribution < -0.4 is 4.90 Å². The molecule has 29 heavy (non-hydrogen) atoms. The van der Waals surface area contributed by atoms with E-state index in [4.69, 9.17) is 9.72 Å². The fourth-order valence-corrected chi connectivity index (χ4v) is 5.76. The van der Waals surface area contributed by atoms with Gasteiger partial charge in [0, 0.05) is 50.6 Å². The first-order valence-corrected chi connectivity index (χ1v) is 11.2. The molecule has 6 rings (SSSR count). The summed E-state index contributed by atoms with van der Waals surface area (Å²) in [6.07, 6.45) is 6.57. The number of nitrogens with zero attached hydrogens (tertiary/aromatic N) is 4. The van der Waals surface area contributed by atoms with E-state index in [2.05, 4.69) is 9.88 Å². The number of ether oxygens (including phenoxy) is 1. The highest BCUT2D eigenvalue weighted by Crippen LogP contribution is 2.48. The average Bonchev–Trinajstić information content (AvgIpc) is 3.65. The van der Waals surface area contributed by atoms with Crippen LogP contribution in [0.1, 0.15) is 43.8 Å². The number of fused-ring (bicyclic) bond motifs is 4. The van der Waals surface area contributed by atoms with Crippen molar-refractivity contribution in [3.63, 3.8) is 0 Å². The maximum atomic E-state index is 13.2. The van der Waals surface area contributed by atoms with Crippen molar-refractivity contribution < 1.29 is 14.6 Å². The van der Waals surface area contributed by atoms with Crippen LogP contribution in [0.5, 0.6) is 0 Å². The van der Waals surface area contributed by atoms with Crippen molar-refractivity contribution in [3.05, 3.63) is 18.1 Å². The number of hydrogen-bond acceptors (Lipinski definition) is 6. The van der Waals surface area contributed by atoms with Crippen molar-refractivity contribution in [2.24, 2.45) is 23.7 Å². The number of hydrogen-bond donors (Lipinski definition) is 1. The Kier molecular flexibility index (Phi) is 4.14. The van der Waals surface area contributed by atoms with E-state index in [9.17, 15) is 9.90 Å². The van der Waals surface area contributed by atoms with Crippen molar-refractivity contribution in [3.8, 4) is 0 Å². The van der Waals surface area contributed by atoms with Crippen molar-refractivity contribution in [1.82, 2.24) is 14.9 Å². The molecule has 0 radical (unpaired) electrons. The molecule has 1 amide bonds. The Labute approximate surface area is 171 Å². The van der Waals surface area contributed by atoms with Crippen LogP contribution in [0.3, 0.4) is 0 Å². The molecule has 5 aliphatic rings. The van der Waals surface area contributed by atoms with Crippen molar-refractivity contribution in [1.29, 1.82) is 0 Å². The minimum absolute atomic E-state index is 0.0858. The number of carbonyl (C=O) groups is 1. The fourth-order valence-electron chi connectivity index (χ4n) is 5.76. The Morgan fingerprint density at radius 2 is 2.07 bits per heavy atom. The zero-order valence-electron chi connectivity index (χ0n) is 17.0. The van der Waals surface area contributed by atoms with Gasteiger partial charge in [-0.15, -0.1) is 0 Å². The summed E-state index contributed by atoms with van der Waals surface area (Å²) < 4.78 is 6.23. The monoisotopic (exact) mass is 398 g/mol. The van der Waals surface area contributed by atoms with Gasteiger partial charge in [-0.1, -0.05) is 0 Å². The number of amides is 1. The molecule has 7 nitrogen and oxygen atoms in total. The molecule has 3 saturated heterocycles. The van der Waals surface area contributed by atoms with Gasteiger partial charge >= 0.3 is 0 Å². The molecule has 1 aromatic rings. The first kappa shape index (κ1) is 18.1. The van der Waals surface area contributed by atoms with Crippen molar-refractivity contribution >= 4 is 11.7 Å². The molecule has 3 aliphatic heterocycles. The van der Waals surface area contributed by atoms with Gasteiger partial charge in [0.05, 0.1) is 24.2 Å². The zero-order chi connectivity index (χ0) is 19.7. The molecular formula is C22H30N4O3. The highest BCUT2D eigenvalue weighted by molar-refractivity contribution is 5.80. The number of aromatic nitrogens is 2. The molecule has 1 N–H and O–H groups in total. The summed E-state index contributed by atoms with van der Waals surface area (Å²) in [7, 11) is 1.93. The molecule has 5 fully saturated rings. The molecule has 0 aromatic carbocycles. The molecule has 1 aromatic heterocycles. The lowest BCUT2D eigenvalue weighted by atomic mass is 9.83. The van der Waals surface area contributed by atoms with Gasteiger partial charge in [-0.3, -0.25) is 4.79 Å². The molecule has 4 heterocycles. The van der Waals surface area contributed by atoms with Crippen LogP contribution >= 0.6 is 0 Å². The summed E-state index contributed by atoms with van der Waals surface area (Å²) in [4.78, 5) is 26.6. The van der Waals surface area contributed by atoms with E-state index in [-0.39, 0.29) is 35.9 Å². The number of rotatable bonds is 5. The maximum Gasteiger partial charge on any atom is 0.228 e. The van der Waals surface area contributed by atoms with Crippen LogP contribution in [-0.2, 0) is 9.53 Å². The quantitative estimate of drug-likeness (QED) is 0.808. The Bertz CT molecular complexity index is 811. The largest absolute Gasteiger partial charge is 0.390 e. The van der Waals surface area contributed by atoms with E-state index in [1.807, 2.05) is 24.2 Å². The van der Waals surface area contributed by atoms with E-state index >= 15 is 0 Å². The second-order valence-corrected chi connectivity index (χ2v) is 9.91. The topological polar surface area (TPSA) is 78.8 Å². The second kappa shape index (κ2) is 6.64. The molecule has 156 valence electrons. The third kappa shape index (κ3) is 3.13. The highest BCUT2D eigenvalue weighted by Gasteiger charge is 2.58. The molecule has 1 unspecified atom stereocenters. The first-order chi connectivity index (χ1) is 14.1. The number of carbonyl (C=O) groups excluding carboxylic acids is 1. The molecule has 0 spiro atoms. The smallest absolute Gasteiger partial charge is 0.228 e. The predicted octanol–water partition coefficient (Wildman–Crippen LogP) is 1.42. The van der Waals surface area contributed by atoms with Gasteiger partial charge in [-0.2, -0.15) is 0 Å². The van der Waals surface area contributed by atoms with Gasteiger partial charge in [0.25, 0.3) is 0 Å². The molecule has 6 atom stereocenters. The first-order valence-electron chi connectivity index (χ1n) is 11.2. The van der Waals surface area contributed by atoms with Crippen LogP contribution in [0.15, 0.2) is 12.3 Å². The van der Waals surface area contributed by atoms with E-state index in [0.717, 1.165) is 31.3 Å².